The van der Waals surface area contributed by atoms with Gasteiger partial charge in [-0.2, -0.15) is 0 Å². The molecule has 0 spiro atoms. The van der Waals surface area contributed by atoms with Gasteiger partial charge in [0.2, 0.25) is 0 Å². The number of esters is 3. The molecule has 24 nitrogen and oxygen atoms in total. The molecule has 25 heteroatoms. The Balaban J connectivity index is 1.70. The Labute approximate surface area is 593 Å². The van der Waals surface area contributed by atoms with Crippen LogP contribution in [0.2, 0.25) is 0 Å². The highest BCUT2D eigenvalue weighted by molar-refractivity contribution is 7.47. The third kappa shape index (κ3) is 39.2. The molecule has 3 rings (SSSR count). The van der Waals surface area contributed by atoms with Crippen LogP contribution in [-0.2, 0) is 61.2 Å². The van der Waals surface area contributed by atoms with Crippen molar-refractivity contribution in [3.8, 4) is 0 Å². The van der Waals surface area contributed by atoms with E-state index >= 15 is 0 Å². The number of phosphoric ester groups is 1. The Morgan fingerprint density at radius 3 is 0.990 bits per heavy atom. The van der Waals surface area contributed by atoms with E-state index in [1.807, 2.05) is 0 Å². The van der Waals surface area contributed by atoms with Crippen LogP contribution in [0.25, 0.3) is 0 Å². The van der Waals surface area contributed by atoms with E-state index in [4.69, 9.17) is 42.2 Å². The van der Waals surface area contributed by atoms with Gasteiger partial charge in [-0.15, -0.1) is 0 Å². The fourth-order valence-electron chi connectivity index (χ4n) is 13.2. The zero-order valence-electron chi connectivity index (χ0n) is 61.1. The Hall–Kier alpha value is -2.04. The van der Waals surface area contributed by atoms with Gasteiger partial charge < -0.3 is 89.1 Å². The second-order valence-corrected chi connectivity index (χ2v) is 29.8. The number of carbonyl (C=O) groups is 3. The number of aliphatic hydroxyl groups is 10. The number of phosphoric acid groups is 1. The summed E-state index contributed by atoms with van der Waals surface area (Å²) in [6, 6.07) is 0. The standard InChI is InChI=1S/C74H139O24P/c1-4-7-10-13-16-19-22-25-27-29-31-34-36-39-42-45-48-58(76)90-52-55(93-60(78)50-47-44-41-38-33-24-21-18-15-12-9-6-3)53-92-99(88,89)98-72-70(96-73-68(86)63(81)61(79)56(51-75)94-73)66(84)65(83)67(85)71(72)97-74-69(87)64(82)62(80)57(95-74)54-91-59(77)49-46-43-40-37-35-32-30-28-26-23-20-17-14-11-8-5-2/h55-57,61-75,79-87H,4-54H2,1-3H3,(H,88,89). The lowest BCUT2D eigenvalue weighted by Crippen LogP contribution is -2.69. The highest BCUT2D eigenvalue weighted by Gasteiger charge is 2.58. The molecule has 2 heterocycles. The maximum absolute atomic E-state index is 14.3. The van der Waals surface area contributed by atoms with E-state index in [1.165, 1.54) is 173 Å². The van der Waals surface area contributed by atoms with E-state index in [0.717, 1.165) is 89.9 Å². The average molecular weight is 1440 g/mol. The van der Waals surface area contributed by atoms with Crippen LogP contribution in [0, 0.1) is 0 Å². The molecule has 2 aliphatic heterocycles. The van der Waals surface area contributed by atoms with Crippen LogP contribution in [0.3, 0.4) is 0 Å². The van der Waals surface area contributed by atoms with Crippen molar-refractivity contribution in [1.29, 1.82) is 0 Å². The minimum atomic E-state index is -5.69. The minimum Gasteiger partial charge on any atom is -0.463 e. The summed E-state index contributed by atoms with van der Waals surface area (Å²) in [5.41, 5.74) is 0. The van der Waals surface area contributed by atoms with Crippen molar-refractivity contribution in [1.82, 2.24) is 0 Å². The van der Waals surface area contributed by atoms with Crippen LogP contribution in [0.15, 0.2) is 0 Å². The Morgan fingerprint density at radius 1 is 0.354 bits per heavy atom. The first kappa shape index (κ1) is 91.2. The van der Waals surface area contributed by atoms with Gasteiger partial charge in [0.25, 0.3) is 0 Å². The number of carbonyl (C=O) groups excluding carboxylic acids is 3. The Kier molecular flexibility index (Phi) is 51.9. The molecule has 1 aliphatic carbocycles. The van der Waals surface area contributed by atoms with Gasteiger partial charge in [-0.25, -0.2) is 4.57 Å². The third-order valence-corrected chi connectivity index (χ3v) is 20.6. The van der Waals surface area contributed by atoms with Gasteiger partial charge in [-0.1, -0.05) is 284 Å². The van der Waals surface area contributed by atoms with Gasteiger partial charge in [0.1, 0.15) is 98.7 Å². The molecule has 3 aliphatic rings. The van der Waals surface area contributed by atoms with Crippen LogP contribution >= 0.6 is 7.82 Å². The average Bonchev–Trinajstić information content (AvgIpc) is 0.762. The van der Waals surface area contributed by atoms with Gasteiger partial charge in [0.05, 0.1) is 13.2 Å². The summed E-state index contributed by atoms with van der Waals surface area (Å²) in [6.45, 7) is 3.49. The van der Waals surface area contributed by atoms with Crippen molar-refractivity contribution in [3.63, 3.8) is 0 Å². The highest BCUT2D eigenvalue weighted by Crippen LogP contribution is 2.49. The first-order chi connectivity index (χ1) is 47.8. The normalized spacial score (nSPS) is 27.4. The van der Waals surface area contributed by atoms with E-state index in [-0.39, 0.29) is 19.3 Å². The number of hydrogen-bond donors (Lipinski definition) is 11. The molecule has 0 amide bonds. The van der Waals surface area contributed by atoms with Crippen molar-refractivity contribution in [3.05, 3.63) is 0 Å². The summed E-state index contributed by atoms with van der Waals surface area (Å²) >= 11 is 0. The summed E-state index contributed by atoms with van der Waals surface area (Å²) < 4.78 is 65.1. The van der Waals surface area contributed by atoms with E-state index in [9.17, 15) is 74.9 Å². The zero-order valence-corrected chi connectivity index (χ0v) is 61.9. The predicted molar refractivity (Wildman–Crippen MR) is 375 cm³/mol. The van der Waals surface area contributed by atoms with Gasteiger partial charge in [0.15, 0.2) is 18.7 Å². The monoisotopic (exact) mass is 1440 g/mol. The van der Waals surface area contributed by atoms with E-state index in [0.29, 0.717) is 19.3 Å². The lowest BCUT2D eigenvalue weighted by Gasteiger charge is -2.49. The van der Waals surface area contributed by atoms with E-state index in [2.05, 4.69) is 20.8 Å². The smallest absolute Gasteiger partial charge is 0.463 e. The van der Waals surface area contributed by atoms with Gasteiger partial charge in [0, 0.05) is 19.3 Å². The largest absolute Gasteiger partial charge is 0.472 e. The SMILES string of the molecule is CCCCCCCCCCCCCCCCCCC(=O)OCC(COP(=O)(O)OC1C(OC2OC(CO)C(O)C(O)C2O)C(O)C(O)C(O)C1OC1OC(COC(=O)CCCCCCCCCCCCCCCCCC)C(O)C(O)C1O)OC(=O)CCCCCCCCCCCCCC. The molecule has 0 aromatic heterocycles. The van der Waals surface area contributed by atoms with Crippen LogP contribution < -0.4 is 0 Å². The number of aliphatic hydroxyl groups excluding tert-OH is 10. The second-order valence-electron chi connectivity index (χ2n) is 28.4. The molecular weight excluding hydrogens is 1300 g/mol. The Morgan fingerprint density at radius 2 is 0.646 bits per heavy atom. The first-order valence-corrected chi connectivity index (χ1v) is 40.8. The third-order valence-electron chi connectivity index (χ3n) is 19.6. The van der Waals surface area contributed by atoms with E-state index in [1.54, 1.807) is 0 Å². The molecule has 0 bridgehead atoms. The van der Waals surface area contributed by atoms with Gasteiger partial charge in [-0.3, -0.25) is 23.4 Å². The first-order valence-electron chi connectivity index (χ1n) is 39.3. The molecule has 18 unspecified atom stereocenters. The molecule has 99 heavy (non-hydrogen) atoms. The molecule has 3 fully saturated rings. The quantitative estimate of drug-likeness (QED) is 0.0117. The van der Waals surface area contributed by atoms with Gasteiger partial charge in [-0.05, 0) is 19.3 Å². The number of ether oxygens (including phenoxy) is 7. The van der Waals surface area contributed by atoms with Crippen LogP contribution in [-0.4, -0.2) is 204 Å². The summed E-state index contributed by atoms with van der Waals surface area (Å²) in [7, 11) is -5.69. The molecule has 11 N–H and O–H groups in total. The van der Waals surface area contributed by atoms with Crippen LogP contribution in [0.4, 0.5) is 0 Å². The number of hydrogen-bond acceptors (Lipinski definition) is 23. The summed E-state index contributed by atoms with van der Waals surface area (Å²) in [6.07, 6.45) is 14.4. The maximum Gasteiger partial charge on any atom is 0.472 e. The minimum absolute atomic E-state index is 0.0335. The van der Waals surface area contributed by atoms with Gasteiger partial charge >= 0.3 is 25.7 Å². The number of unbranched alkanes of at least 4 members (excludes halogenated alkanes) is 41. The predicted octanol–water partition coefficient (Wildman–Crippen LogP) is 11.4. The fourth-order valence-corrected chi connectivity index (χ4v) is 14.2. The summed E-state index contributed by atoms with van der Waals surface area (Å²) in [4.78, 5) is 51.0. The zero-order chi connectivity index (χ0) is 72.5. The Bertz CT molecular complexity index is 2050. The topological polar surface area (TPSA) is 374 Å². The molecule has 18 atom stereocenters. The van der Waals surface area contributed by atoms with Crippen molar-refractivity contribution >= 4 is 25.7 Å². The second kappa shape index (κ2) is 56.3. The summed E-state index contributed by atoms with van der Waals surface area (Å²) in [5.74, 6) is -1.97. The molecule has 0 aromatic carbocycles. The summed E-state index contributed by atoms with van der Waals surface area (Å²) in [5, 5.41) is 110. The number of rotatable bonds is 62. The van der Waals surface area contributed by atoms with Crippen molar-refractivity contribution < 1.29 is 117 Å². The molecule has 1 saturated carbocycles. The van der Waals surface area contributed by atoms with Crippen LogP contribution in [0.1, 0.15) is 323 Å². The highest BCUT2D eigenvalue weighted by atomic mass is 31.2. The molecule has 0 radical (unpaired) electrons. The lowest BCUT2D eigenvalue weighted by atomic mass is 9.84. The lowest BCUT2D eigenvalue weighted by molar-refractivity contribution is -0.360. The molecule has 2 saturated heterocycles. The van der Waals surface area contributed by atoms with E-state index < -0.39 is 156 Å². The fraction of sp³-hybridized carbons (Fsp3) is 0.959. The van der Waals surface area contributed by atoms with Crippen LogP contribution in [0.5, 0.6) is 0 Å². The van der Waals surface area contributed by atoms with Crippen molar-refractivity contribution in [2.24, 2.45) is 0 Å². The van der Waals surface area contributed by atoms with Crippen molar-refractivity contribution in [2.45, 2.75) is 427 Å². The molecular formula is C74H139O24P. The molecule has 0 aromatic rings. The maximum atomic E-state index is 14.3. The van der Waals surface area contributed by atoms with Crippen molar-refractivity contribution in [2.75, 3.05) is 26.4 Å². The molecule has 584 valence electrons.